The van der Waals surface area contributed by atoms with E-state index in [1.807, 2.05) is 61.5 Å². The highest BCUT2D eigenvalue weighted by Gasteiger charge is 2.48. The minimum absolute atomic E-state index is 0.0301. The molecular formula is C34H27N3O5S2. The van der Waals surface area contributed by atoms with E-state index in [1.165, 1.54) is 40.1 Å². The van der Waals surface area contributed by atoms with E-state index in [0.717, 1.165) is 16.7 Å². The van der Waals surface area contributed by atoms with Crippen molar-refractivity contribution in [1.29, 1.82) is 0 Å². The fourth-order valence-electron chi connectivity index (χ4n) is 4.88. The maximum Gasteiger partial charge on any atom is 0.301 e. The maximum absolute atomic E-state index is 13.5. The van der Waals surface area contributed by atoms with E-state index >= 15 is 0 Å². The summed E-state index contributed by atoms with van der Waals surface area (Å²) in [6.07, 6.45) is 0. The lowest BCUT2D eigenvalue weighted by Crippen LogP contribution is -2.29. The van der Waals surface area contributed by atoms with E-state index in [-0.39, 0.29) is 22.2 Å². The number of ether oxygens (including phenoxy) is 1. The summed E-state index contributed by atoms with van der Waals surface area (Å²) in [5.74, 6) is -0.692. The van der Waals surface area contributed by atoms with Crippen molar-refractivity contribution in [1.82, 2.24) is 10.2 Å². The number of aliphatic hydroxyl groups excluding tert-OH is 1. The fraction of sp³-hybridized carbons (Fsp3) is 0.118. The maximum atomic E-state index is 13.5. The SMILES string of the molecule is Cc1ccccc1COc1ccc(/C(O)=C2\C(=O)C(=O)N(c3nnc(SCc4ccccc4)s3)C2c2ccc(O)cc2)cc1. The minimum Gasteiger partial charge on any atom is -0.508 e. The van der Waals surface area contributed by atoms with Crippen LogP contribution in [0.4, 0.5) is 5.13 Å². The van der Waals surface area contributed by atoms with Gasteiger partial charge in [0.25, 0.3) is 5.78 Å². The smallest absolute Gasteiger partial charge is 0.301 e. The van der Waals surface area contributed by atoms with Crippen LogP contribution in [0.2, 0.25) is 0 Å². The number of benzene rings is 4. The molecule has 5 aromatic rings. The molecule has 8 nitrogen and oxygen atoms in total. The topological polar surface area (TPSA) is 113 Å². The second-order valence-corrected chi connectivity index (χ2v) is 12.3. The molecular weight excluding hydrogens is 595 g/mol. The van der Waals surface area contributed by atoms with E-state index in [9.17, 15) is 19.8 Å². The van der Waals surface area contributed by atoms with E-state index in [2.05, 4.69) is 10.2 Å². The second kappa shape index (κ2) is 12.7. The molecule has 1 unspecified atom stereocenters. The van der Waals surface area contributed by atoms with Crippen molar-refractivity contribution < 1.29 is 24.5 Å². The number of thioether (sulfide) groups is 1. The van der Waals surface area contributed by atoms with E-state index in [4.69, 9.17) is 4.74 Å². The van der Waals surface area contributed by atoms with Gasteiger partial charge in [0.1, 0.15) is 23.9 Å². The van der Waals surface area contributed by atoms with Crippen LogP contribution in [0.15, 0.2) is 113 Å². The molecule has 0 saturated carbocycles. The Kier molecular flexibility index (Phi) is 8.44. The summed E-state index contributed by atoms with van der Waals surface area (Å²) in [6.45, 7) is 2.41. The molecule has 0 radical (unpaired) electrons. The number of nitrogens with zero attached hydrogens (tertiary/aromatic N) is 3. The first-order valence-corrected chi connectivity index (χ1v) is 15.6. The van der Waals surface area contributed by atoms with Crippen molar-refractivity contribution in [3.8, 4) is 11.5 Å². The zero-order valence-electron chi connectivity index (χ0n) is 23.6. The number of hydrogen-bond acceptors (Lipinski definition) is 9. The zero-order chi connectivity index (χ0) is 30.6. The second-order valence-electron chi connectivity index (χ2n) is 10.1. The first-order valence-electron chi connectivity index (χ1n) is 13.8. The lowest BCUT2D eigenvalue weighted by atomic mass is 9.95. The highest BCUT2D eigenvalue weighted by atomic mass is 32.2. The molecule has 1 atom stereocenters. The number of phenols is 1. The van der Waals surface area contributed by atoms with Crippen molar-refractivity contribution in [2.75, 3.05) is 4.90 Å². The Bertz CT molecular complexity index is 1840. The summed E-state index contributed by atoms with van der Waals surface area (Å²) < 4.78 is 6.57. The number of aryl methyl sites for hydroxylation is 1. The number of carbonyl (C=O) groups excluding carboxylic acids is 2. The molecule has 1 fully saturated rings. The number of hydrogen-bond donors (Lipinski definition) is 2. The Labute approximate surface area is 262 Å². The summed E-state index contributed by atoms with van der Waals surface area (Å²) >= 11 is 2.67. The number of anilines is 1. The molecule has 1 aromatic heterocycles. The first-order chi connectivity index (χ1) is 21.4. The molecule has 1 aliphatic heterocycles. The Morgan fingerprint density at radius 3 is 2.34 bits per heavy atom. The molecule has 2 N–H and O–H groups in total. The van der Waals surface area contributed by atoms with Gasteiger partial charge in [-0.2, -0.15) is 0 Å². The monoisotopic (exact) mass is 621 g/mol. The third-order valence-electron chi connectivity index (χ3n) is 7.24. The van der Waals surface area contributed by atoms with Crippen molar-refractivity contribution in [2.45, 2.75) is 29.7 Å². The summed E-state index contributed by atoms with van der Waals surface area (Å²) in [5.41, 5.74) is 4.10. The summed E-state index contributed by atoms with van der Waals surface area (Å²) in [5, 5.41) is 30.1. The van der Waals surface area contributed by atoms with Crippen molar-refractivity contribution in [3.63, 3.8) is 0 Å². The summed E-state index contributed by atoms with van der Waals surface area (Å²) in [6, 6.07) is 29.7. The molecule has 1 aliphatic rings. The Hall–Kier alpha value is -4.93. The van der Waals surface area contributed by atoms with Crippen LogP contribution in [0.5, 0.6) is 11.5 Å². The largest absolute Gasteiger partial charge is 0.508 e. The molecule has 10 heteroatoms. The van der Waals surface area contributed by atoms with Gasteiger partial charge in [0.05, 0.1) is 11.6 Å². The summed E-state index contributed by atoms with van der Waals surface area (Å²) in [7, 11) is 0. The number of amides is 1. The number of carbonyl (C=O) groups is 2. The molecule has 4 aromatic carbocycles. The van der Waals surface area contributed by atoms with Crippen LogP contribution in [-0.4, -0.2) is 32.1 Å². The molecule has 1 saturated heterocycles. The predicted octanol–water partition coefficient (Wildman–Crippen LogP) is 7.05. The van der Waals surface area contributed by atoms with Gasteiger partial charge < -0.3 is 14.9 Å². The number of aromatic hydroxyl groups is 1. The van der Waals surface area contributed by atoms with Gasteiger partial charge in [-0.25, -0.2) is 0 Å². The number of aromatic nitrogens is 2. The van der Waals surface area contributed by atoms with Crippen LogP contribution in [0.3, 0.4) is 0 Å². The number of ketones is 1. The van der Waals surface area contributed by atoms with Crippen LogP contribution in [0, 0.1) is 6.92 Å². The number of aliphatic hydroxyl groups is 1. The van der Waals surface area contributed by atoms with Gasteiger partial charge in [-0.05, 0) is 65.6 Å². The van der Waals surface area contributed by atoms with E-state index in [0.29, 0.717) is 33.6 Å². The molecule has 1 amide bonds. The van der Waals surface area contributed by atoms with Gasteiger partial charge in [0, 0.05) is 11.3 Å². The lowest BCUT2D eigenvalue weighted by molar-refractivity contribution is -0.132. The van der Waals surface area contributed by atoms with Crippen LogP contribution >= 0.6 is 23.1 Å². The molecule has 44 heavy (non-hydrogen) atoms. The van der Waals surface area contributed by atoms with Gasteiger partial charge >= 0.3 is 5.91 Å². The highest BCUT2D eigenvalue weighted by Crippen LogP contribution is 2.44. The average Bonchev–Trinajstić information content (AvgIpc) is 3.62. The average molecular weight is 622 g/mol. The fourth-order valence-corrected chi connectivity index (χ4v) is 6.70. The van der Waals surface area contributed by atoms with Gasteiger partial charge in [0.2, 0.25) is 5.13 Å². The number of Topliss-reactive ketones (excluding diaryl/α,β-unsaturated/α-hetero) is 1. The Morgan fingerprint density at radius 2 is 1.61 bits per heavy atom. The molecule has 0 spiro atoms. The first kappa shape index (κ1) is 29.2. The third-order valence-corrected chi connectivity index (χ3v) is 9.37. The number of phenolic OH excluding ortho intramolecular Hbond substituents is 1. The van der Waals surface area contributed by atoms with Crippen LogP contribution < -0.4 is 9.64 Å². The van der Waals surface area contributed by atoms with Gasteiger partial charge in [-0.15, -0.1) is 10.2 Å². The van der Waals surface area contributed by atoms with Crippen LogP contribution in [0.1, 0.15) is 33.9 Å². The minimum atomic E-state index is -0.979. The zero-order valence-corrected chi connectivity index (χ0v) is 25.2. The normalized spacial score (nSPS) is 15.9. The van der Waals surface area contributed by atoms with Gasteiger partial charge in [-0.1, -0.05) is 89.8 Å². The molecule has 0 aliphatic carbocycles. The molecule has 220 valence electrons. The Balaban J connectivity index is 1.30. The van der Waals surface area contributed by atoms with Crippen molar-refractivity contribution in [3.05, 3.63) is 137 Å². The van der Waals surface area contributed by atoms with E-state index < -0.39 is 17.7 Å². The van der Waals surface area contributed by atoms with Crippen LogP contribution in [-0.2, 0) is 21.9 Å². The number of rotatable bonds is 9. The van der Waals surface area contributed by atoms with Crippen LogP contribution in [0.25, 0.3) is 5.76 Å². The lowest BCUT2D eigenvalue weighted by Gasteiger charge is -2.22. The molecule has 0 bridgehead atoms. The summed E-state index contributed by atoms with van der Waals surface area (Å²) in [4.78, 5) is 28.3. The quantitative estimate of drug-likeness (QED) is 0.0592. The standard InChI is InChI=1S/C34H27N3O5S2/c1-21-7-5-6-10-25(21)19-42-27-17-13-24(14-18-27)30(39)28-29(23-11-15-26(38)16-12-23)37(32(41)31(28)40)33-35-36-34(44-33)43-20-22-8-3-2-4-9-22/h2-18,29,38-39H,19-20H2,1H3/b30-28+. The van der Waals surface area contributed by atoms with E-state index in [1.54, 1.807) is 36.4 Å². The molecule has 6 rings (SSSR count). The predicted molar refractivity (Wildman–Crippen MR) is 171 cm³/mol. The van der Waals surface area contributed by atoms with Gasteiger partial charge in [-0.3, -0.25) is 14.5 Å². The third kappa shape index (κ3) is 6.08. The van der Waals surface area contributed by atoms with Gasteiger partial charge in [0.15, 0.2) is 4.34 Å². The Morgan fingerprint density at radius 1 is 0.909 bits per heavy atom. The molecule has 2 heterocycles. The van der Waals surface area contributed by atoms with Crippen molar-refractivity contribution in [2.24, 2.45) is 0 Å². The van der Waals surface area contributed by atoms with Crippen molar-refractivity contribution >= 4 is 45.7 Å². The highest BCUT2D eigenvalue weighted by molar-refractivity contribution is 8.00.